The van der Waals surface area contributed by atoms with E-state index in [1.807, 2.05) is 18.2 Å². The highest BCUT2D eigenvalue weighted by atomic mass is 16.5. The topological polar surface area (TPSA) is 29.5 Å². The van der Waals surface area contributed by atoms with Crippen molar-refractivity contribution in [1.29, 1.82) is 0 Å². The van der Waals surface area contributed by atoms with Gasteiger partial charge in [-0.05, 0) is 23.1 Å². The Bertz CT molecular complexity index is 912. The van der Waals surface area contributed by atoms with Gasteiger partial charge in [0.15, 0.2) is 5.78 Å². The van der Waals surface area contributed by atoms with Crippen molar-refractivity contribution < 1.29 is 9.53 Å². The number of carbonyl (C=O) groups excluding carboxylic acids is 1. The van der Waals surface area contributed by atoms with E-state index < -0.39 is 0 Å². The second-order valence-corrected chi connectivity index (χ2v) is 7.78. The maximum absolute atomic E-state index is 12.2. The fourth-order valence-electron chi connectivity index (χ4n) is 4.03. The predicted molar refractivity (Wildman–Crippen MR) is 120 cm³/mol. The molecule has 4 rings (SSSR count). The number of hydrogen-bond acceptors (Lipinski definition) is 3. The van der Waals surface area contributed by atoms with Crippen LogP contribution in [0.25, 0.3) is 0 Å². The van der Waals surface area contributed by atoms with Crippen LogP contribution in [0.3, 0.4) is 0 Å². The Labute approximate surface area is 178 Å². The summed E-state index contributed by atoms with van der Waals surface area (Å²) in [6.07, 6.45) is 4.17. The second-order valence-electron chi connectivity index (χ2n) is 7.78. The van der Waals surface area contributed by atoms with Gasteiger partial charge in [-0.1, -0.05) is 91.0 Å². The quantitative estimate of drug-likeness (QED) is 0.525. The molecule has 0 radical (unpaired) electrons. The monoisotopic (exact) mass is 397 g/mol. The van der Waals surface area contributed by atoms with E-state index in [-0.39, 0.29) is 17.9 Å². The van der Waals surface area contributed by atoms with Gasteiger partial charge < -0.3 is 4.74 Å². The number of carbonyl (C=O) groups is 1. The molecule has 0 aromatic heterocycles. The summed E-state index contributed by atoms with van der Waals surface area (Å²) in [5, 5.41) is 0. The SMILES string of the molecule is O=C1C=CO[C@@H]([C@H](Cc2ccccc2)N(Cc2ccccc2)Cc2ccccc2)C1. The normalized spacial score (nSPS) is 17.0. The standard InChI is InChI=1S/C27H27NO2/c29-25-16-17-30-27(19-25)26(18-22-10-4-1-5-11-22)28(20-23-12-6-2-7-13-23)21-24-14-8-3-9-15-24/h1-17,26-27H,18-21H2/t26-,27+/m0/s1. The third-order valence-electron chi connectivity index (χ3n) is 5.55. The summed E-state index contributed by atoms with van der Waals surface area (Å²) in [6, 6.07) is 31.6. The number of rotatable bonds is 8. The van der Waals surface area contributed by atoms with Gasteiger partial charge in [-0.2, -0.15) is 0 Å². The minimum Gasteiger partial charge on any atom is -0.496 e. The van der Waals surface area contributed by atoms with Crippen molar-refractivity contribution in [2.24, 2.45) is 0 Å². The molecule has 3 aromatic rings. The maximum Gasteiger partial charge on any atom is 0.162 e. The lowest BCUT2D eigenvalue weighted by molar-refractivity contribution is -0.119. The molecule has 1 heterocycles. The minimum atomic E-state index is -0.171. The first-order valence-electron chi connectivity index (χ1n) is 10.5. The van der Waals surface area contributed by atoms with Gasteiger partial charge in [0, 0.05) is 25.6 Å². The van der Waals surface area contributed by atoms with Gasteiger partial charge in [-0.3, -0.25) is 9.69 Å². The molecule has 3 heteroatoms. The number of hydrogen-bond donors (Lipinski definition) is 0. The zero-order valence-corrected chi connectivity index (χ0v) is 17.1. The fourth-order valence-corrected chi connectivity index (χ4v) is 4.03. The Balaban J connectivity index is 1.66. The molecule has 0 bridgehead atoms. The first-order valence-corrected chi connectivity index (χ1v) is 10.5. The molecule has 1 aliphatic heterocycles. The Hall–Kier alpha value is -3.17. The molecule has 0 saturated heterocycles. The van der Waals surface area contributed by atoms with Crippen molar-refractivity contribution in [3.63, 3.8) is 0 Å². The van der Waals surface area contributed by atoms with E-state index in [2.05, 4.69) is 77.7 Å². The maximum atomic E-state index is 12.2. The highest BCUT2D eigenvalue weighted by molar-refractivity contribution is 5.90. The van der Waals surface area contributed by atoms with Crippen LogP contribution in [0.4, 0.5) is 0 Å². The van der Waals surface area contributed by atoms with E-state index in [9.17, 15) is 4.79 Å². The van der Waals surface area contributed by atoms with E-state index in [4.69, 9.17) is 4.74 Å². The van der Waals surface area contributed by atoms with Gasteiger partial charge in [-0.25, -0.2) is 0 Å². The molecule has 3 nitrogen and oxygen atoms in total. The van der Waals surface area contributed by atoms with Crippen LogP contribution in [0.2, 0.25) is 0 Å². The van der Waals surface area contributed by atoms with Crippen LogP contribution >= 0.6 is 0 Å². The summed E-state index contributed by atoms with van der Waals surface area (Å²) < 4.78 is 6.00. The Morgan fingerprint density at radius 3 is 1.77 bits per heavy atom. The van der Waals surface area contributed by atoms with E-state index in [0.29, 0.717) is 6.42 Å². The highest BCUT2D eigenvalue weighted by Gasteiger charge is 2.32. The fraction of sp³-hybridized carbons (Fsp3) is 0.222. The van der Waals surface area contributed by atoms with Crippen molar-refractivity contribution in [3.05, 3.63) is 120 Å². The van der Waals surface area contributed by atoms with Crippen molar-refractivity contribution in [1.82, 2.24) is 4.90 Å². The average Bonchev–Trinajstić information content (AvgIpc) is 2.79. The molecule has 0 fully saturated rings. The molecule has 152 valence electrons. The third kappa shape index (κ3) is 5.46. The number of nitrogens with zero attached hydrogens (tertiary/aromatic N) is 1. The summed E-state index contributed by atoms with van der Waals surface area (Å²) in [5.74, 6) is 0.128. The molecule has 0 spiro atoms. The molecule has 0 aliphatic carbocycles. The lowest BCUT2D eigenvalue weighted by Gasteiger charge is -2.37. The molecule has 3 aromatic carbocycles. The van der Waals surface area contributed by atoms with Crippen molar-refractivity contribution in [3.8, 4) is 0 Å². The molecule has 0 saturated carbocycles. The highest BCUT2D eigenvalue weighted by Crippen LogP contribution is 2.24. The Morgan fingerprint density at radius 1 is 0.767 bits per heavy atom. The van der Waals surface area contributed by atoms with Gasteiger partial charge in [-0.15, -0.1) is 0 Å². The zero-order chi connectivity index (χ0) is 20.6. The van der Waals surface area contributed by atoms with E-state index in [0.717, 1.165) is 19.5 Å². The summed E-state index contributed by atoms with van der Waals surface area (Å²) in [7, 11) is 0. The van der Waals surface area contributed by atoms with Crippen molar-refractivity contribution in [2.75, 3.05) is 0 Å². The van der Waals surface area contributed by atoms with Gasteiger partial charge in [0.2, 0.25) is 0 Å². The smallest absolute Gasteiger partial charge is 0.162 e. The Morgan fingerprint density at radius 2 is 1.27 bits per heavy atom. The lowest BCUT2D eigenvalue weighted by atomic mass is 9.94. The van der Waals surface area contributed by atoms with Gasteiger partial charge >= 0.3 is 0 Å². The summed E-state index contributed by atoms with van der Waals surface area (Å²) in [5.41, 5.74) is 3.76. The summed E-state index contributed by atoms with van der Waals surface area (Å²) in [4.78, 5) is 14.6. The number of ether oxygens (including phenoxy) is 1. The summed E-state index contributed by atoms with van der Waals surface area (Å²) >= 11 is 0. The van der Waals surface area contributed by atoms with Gasteiger partial charge in [0.25, 0.3) is 0 Å². The van der Waals surface area contributed by atoms with E-state index >= 15 is 0 Å². The molecule has 2 atom stereocenters. The number of benzene rings is 3. The lowest BCUT2D eigenvalue weighted by Crippen LogP contribution is -2.46. The van der Waals surface area contributed by atoms with Crippen LogP contribution in [0.15, 0.2) is 103 Å². The molecular formula is C27H27NO2. The number of allylic oxidation sites excluding steroid dienone is 1. The van der Waals surface area contributed by atoms with Crippen molar-refractivity contribution >= 4 is 5.78 Å². The van der Waals surface area contributed by atoms with Crippen LogP contribution in [-0.4, -0.2) is 22.8 Å². The molecule has 0 amide bonds. The van der Waals surface area contributed by atoms with Crippen molar-refractivity contribution in [2.45, 2.75) is 38.1 Å². The largest absolute Gasteiger partial charge is 0.496 e. The zero-order valence-electron chi connectivity index (χ0n) is 17.1. The van der Waals surface area contributed by atoms with E-state index in [1.54, 1.807) is 6.26 Å². The Kier molecular flexibility index (Phi) is 6.73. The van der Waals surface area contributed by atoms with Crippen LogP contribution in [0.5, 0.6) is 0 Å². The van der Waals surface area contributed by atoms with Crippen LogP contribution in [0.1, 0.15) is 23.1 Å². The van der Waals surface area contributed by atoms with Gasteiger partial charge in [0.05, 0.1) is 12.3 Å². The molecule has 0 unspecified atom stereocenters. The van der Waals surface area contributed by atoms with Gasteiger partial charge in [0.1, 0.15) is 6.10 Å². The third-order valence-corrected chi connectivity index (χ3v) is 5.55. The minimum absolute atomic E-state index is 0.0710. The molecular weight excluding hydrogens is 370 g/mol. The van der Waals surface area contributed by atoms with Crippen LogP contribution in [0, 0.1) is 0 Å². The first-order chi connectivity index (χ1) is 14.8. The molecule has 0 N–H and O–H groups in total. The van der Waals surface area contributed by atoms with Crippen LogP contribution in [-0.2, 0) is 29.0 Å². The van der Waals surface area contributed by atoms with E-state index in [1.165, 1.54) is 22.8 Å². The second kappa shape index (κ2) is 10.0. The predicted octanol–water partition coefficient (Wildman–Crippen LogP) is 5.17. The van der Waals surface area contributed by atoms with Crippen LogP contribution < -0.4 is 0 Å². The molecule has 1 aliphatic rings. The average molecular weight is 398 g/mol. The first kappa shape index (κ1) is 20.1. The number of ketones is 1. The summed E-state index contributed by atoms with van der Waals surface area (Å²) in [6.45, 7) is 1.59. The molecule has 30 heavy (non-hydrogen) atoms.